The molecule has 2 rings (SSSR count). The first-order valence-corrected chi connectivity index (χ1v) is 6.97. The summed E-state index contributed by atoms with van der Waals surface area (Å²) in [4.78, 5) is 21.0. The second-order valence-electron chi connectivity index (χ2n) is 4.95. The Balaban J connectivity index is 2.23. The van der Waals surface area contributed by atoms with Crippen molar-refractivity contribution in [1.29, 1.82) is 0 Å². The third-order valence-corrected chi connectivity index (χ3v) is 3.05. The SMILES string of the molecule is CCNc1cc(C(=O)Nc2ccc(C)nc2C)cc(C)n1. The zero-order chi connectivity index (χ0) is 15.4. The van der Waals surface area contributed by atoms with Gasteiger partial charge in [0.15, 0.2) is 0 Å². The minimum Gasteiger partial charge on any atom is -0.370 e. The lowest BCUT2D eigenvalue weighted by Crippen LogP contribution is -2.14. The van der Waals surface area contributed by atoms with Gasteiger partial charge in [-0.2, -0.15) is 0 Å². The molecular weight excluding hydrogens is 264 g/mol. The summed E-state index contributed by atoms with van der Waals surface area (Å²) in [7, 11) is 0. The van der Waals surface area contributed by atoms with Crippen LogP contribution in [0.1, 0.15) is 34.4 Å². The van der Waals surface area contributed by atoms with Gasteiger partial charge in [-0.1, -0.05) is 0 Å². The highest BCUT2D eigenvalue weighted by Crippen LogP contribution is 2.16. The summed E-state index contributed by atoms with van der Waals surface area (Å²) in [6.07, 6.45) is 0. The smallest absolute Gasteiger partial charge is 0.255 e. The zero-order valence-electron chi connectivity index (χ0n) is 12.8. The van der Waals surface area contributed by atoms with E-state index in [1.807, 2.05) is 39.8 Å². The fraction of sp³-hybridized carbons (Fsp3) is 0.312. The van der Waals surface area contributed by atoms with Gasteiger partial charge in [-0.05, 0) is 52.0 Å². The molecule has 0 fully saturated rings. The van der Waals surface area contributed by atoms with Crippen LogP contribution in [0.4, 0.5) is 11.5 Å². The normalized spacial score (nSPS) is 10.3. The maximum Gasteiger partial charge on any atom is 0.255 e. The molecule has 0 unspecified atom stereocenters. The monoisotopic (exact) mass is 284 g/mol. The van der Waals surface area contributed by atoms with Crippen molar-refractivity contribution >= 4 is 17.4 Å². The fourth-order valence-corrected chi connectivity index (χ4v) is 2.08. The Kier molecular flexibility index (Phi) is 4.52. The van der Waals surface area contributed by atoms with E-state index >= 15 is 0 Å². The molecule has 1 amide bonds. The number of hydrogen-bond acceptors (Lipinski definition) is 4. The summed E-state index contributed by atoms with van der Waals surface area (Å²) in [5.41, 5.74) is 3.85. The third-order valence-electron chi connectivity index (χ3n) is 3.05. The molecule has 5 nitrogen and oxygen atoms in total. The lowest BCUT2D eigenvalue weighted by molar-refractivity contribution is 0.102. The number of anilines is 2. The van der Waals surface area contributed by atoms with E-state index in [1.54, 1.807) is 12.1 Å². The number of amides is 1. The van der Waals surface area contributed by atoms with Crippen molar-refractivity contribution in [2.24, 2.45) is 0 Å². The standard InChI is InChI=1S/C16H20N4O/c1-5-17-15-9-13(8-11(3)19-15)16(21)20-14-7-6-10(2)18-12(14)4/h6-9H,5H2,1-4H3,(H,17,19)(H,20,21). The molecular formula is C16H20N4O. The average Bonchev–Trinajstić information content (AvgIpc) is 2.41. The van der Waals surface area contributed by atoms with Crippen LogP contribution in [0, 0.1) is 20.8 Å². The maximum absolute atomic E-state index is 12.4. The fourth-order valence-electron chi connectivity index (χ4n) is 2.08. The molecule has 0 aliphatic rings. The lowest BCUT2D eigenvalue weighted by atomic mass is 10.2. The molecule has 0 bridgehead atoms. The number of nitrogens with one attached hydrogen (secondary N) is 2. The summed E-state index contributed by atoms with van der Waals surface area (Å²) in [6.45, 7) is 8.43. The molecule has 0 atom stereocenters. The molecule has 2 heterocycles. The van der Waals surface area contributed by atoms with E-state index in [1.165, 1.54) is 0 Å². The lowest BCUT2D eigenvalue weighted by Gasteiger charge is -2.10. The molecule has 0 spiro atoms. The Morgan fingerprint density at radius 3 is 2.52 bits per heavy atom. The minimum atomic E-state index is -0.159. The number of carbonyl (C=O) groups excluding carboxylic acids is 1. The van der Waals surface area contributed by atoms with E-state index in [-0.39, 0.29) is 5.91 Å². The first-order valence-electron chi connectivity index (χ1n) is 6.97. The van der Waals surface area contributed by atoms with E-state index in [0.717, 1.165) is 29.3 Å². The summed E-state index contributed by atoms with van der Waals surface area (Å²) in [5.74, 6) is 0.551. The molecule has 0 saturated carbocycles. The van der Waals surface area contributed by atoms with Crippen LogP contribution in [0.25, 0.3) is 0 Å². The Morgan fingerprint density at radius 1 is 1.10 bits per heavy atom. The van der Waals surface area contributed by atoms with Gasteiger partial charge in [0.1, 0.15) is 5.82 Å². The van der Waals surface area contributed by atoms with Crippen LogP contribution < -0.4 is 10.6 Å². The average molecular weight is 284 g/mol. The minimum absolute atomic E-state index is 0.159. The largest absolute Gasteiger partial charge is 0.370 e. The van der Waals surface area contributed by atoms with Crippen LogP contribution in [0.3, 0.4) is 0 Å². The molecule has 2 aromatic rings. The molecule has 110 valence electrons. The second kappa shape index (κ2) is 6.35. The summed E-state index contributed by atoms with van der Waals surface area (Å²) < 4.78 is 0. The third kappa shape index (κ3) is 3.78. The van der Waals surface area contributed by atoms with Crippen molar-refractivity contribution in [2.45, 2.75) is 27.7 Å². The number of hydrogen-bond donors (Lipinski definition) is 2. The molecule has 5 heteroatoms. The van der Waals surface area contributed by atoms with Crippen molar-refractivity contribution in [3.63, 3.8) is 0 Å². The Labute approximate surface area is 124 Å². The number of aryl methyl sites for hydroxylation is 3. The molecule has 0 aliphatic carbocycles. The Bertz CT molecular complexity index is 667. The number of nitrogens with zero attached hydrogens (tertiary/aromatic N) is 2. The van der Waals surface area contributed by atoms with Crippen LogP contribution in [0.5, 0.6) is 0 Å². The van der Waals surface area contributed by atoms with Gasteiger partial charge in [-0.25, -0.2) is 4.98 Å². The molecule has 0 aliphatic heterocycles. The number of pyridine rings is 2. The van der Waals surface area contributed by atoms with E-state index in [9.17, 15) is 4.79 Å². The summed E-state index contributed by atoms with van der Waals surface area (Å²) >= 11 is 0. The Morgan fingerprint density at radius 2 is 1.86 bits per heavy atom. The molecule has 2 aromatic heterocycles. The first-order chi connectivity index (χ1) is 9.99. The molecule has 21 heavy (non-hydrogen) atoms. The predicted molar refractivity (Wildman–Crippen MR) is 84.8 cm³/mol. The van der Waals surface area contributed by atoms with E-state index in [2.05, 4.69) is 20.6 Å². The molecule has 2 N–H and O–H groups in total. The topological polar surface area (TPSA) is 66.9 Å². The van der Waals surface area contributed by atoms with Gasteiger partial charge in [0.05, 0.1) is 11.4 Å². The van der Waals surface area contributed by atoms with Gasteiger partial charge in [0.2, 0.25) is 0 Å². The van der Waals surface area contributed by atoms with Gasteiger partial charge in [-0.15, -0.1) is 0 Å². The van der Waals surface area contributed by atoms with Gasteiger partial charge in [-0.3, -0.25) is 9.78 Å². The highest BCUT2D eigenvalue weighted by atomic mass is 16.1. The van der Waals surface area contributed by atoms with Crippen LogP contribution in [-0.2, 0) is 0 Å². The van der Waals surface area contributed by atoms with Crippen molar-refractivity contribution in [2.75, 3.05) is 17.2 Å². The van der Waals surface area contributed by atoms with E-state index in [0.29, 0.717) is 11.4 Å². The van der Waals surface area contributed by atoms with Gasteiger partial charge >= 0.3 is 0 Å². The van der Waals surface area contributed by atoms with Crippen LogP contribution in [0.2, 0.25) is 0 Å². The molecule has 0 radical (unpaired) electrons. The zero-order valence-corrected chi connectivity index (χ0v) is 12.8. The second-order valence-corrected chi connectivity index (χ2v) is 4.95. The summed E-state index contributed by atoms with van der Waals surface area (Å²) in [5, 5.41) is 6.02. The van der Waals surface area contributed by atoms with Gasteiger partial charge < -0.3 is 10.6 Å². The quantitative estimate of drug-likeness (QED) is 0.905. The highest BCUT2D eigenvalue weighted by molar-refractivity contribution is 6.05. The van der Waals surface area contributed by atoms with Crippen molar-refractivity contribution < 1.29 is 4.79 Å². The molecule has 0 saturated heterocycles. The highest BCUT2D eigenvalue weighted by Gasteiger charge is 2.10. The number of aromatic nitrogens is 2. The van der Waals surface area contributed by atoms with E-state index < -0.39 is 0 Å². The van der Waals surface area contributed by atoms with Crippen molar-refractivity contribution in [3.05, 3.63) is 46.9 Å². The van der Waals surface area contributed by atoms with Crippen LogP contribution >= 0.6 is 0 Å². The maximum atomic E-state index is 12.4. The van der Waals surface area contributed by atoms with Crippen LogP contribution in [0.15, 0.2) is 24.3 Å². The van der Waals surface area contributed by atoms with Crippen LogP contribution in [-0.4, -0.2) is 22.4 Å². The summed E-state index contributed by atoms with van der Waals surface area (Å²) in [6, 6.07) is 7.27. The van der Waals surface area contributed by atoms with Gasteiger partial charge in [0, 0.05) is 23.5 Å². The first kappa shape index (κ1) is 15.0. The van der Waals surface area contributed by atoms with E-state index in [4.69, 9.17) is 0 Å². The number of carbonyl (C=O) groups is 1. The molecule has 0 aromatic carbocycles. The Hall–Kier alpha value is -2.43. The van der Waals surface area contributed by atoms with Gasteiger partial charge in [0.25, 0.3) is 5.91 Å². The van der Waals surface area contributed by atoms with Crippen molar-refractivity contribution in [3.8, 4) is 0 Å². The predicted octanol–water partition coefficient (Wildman–Crippen LogP) is 3.09. The number of rotatable bonds is 4. The van der Waals surface area contributed by atoms with Crippen molar-refractivity contribution in [1.82, 2.24) is 9.97 Å².